The second-order valence-electron chi connectivity index (χ2n) is 5.36. The van der Waals surface area contributed by atoms with Crippen LogP contribution >= 0.6 is 12.6 Å². The molecule has 0 unspecified atom stereocenters. The molecule has 1 heteroatoms. The monoisotopic (exact) mass is 324 g/mol. The van der Waals surface area contributed by atoms with E-state index in [4.69, 9.17) is 12.6 Å². The van der Waals surface area contributed by atoms with Crippen LogP contribution in [0.5, 0.6) is 0 Å². The zero-order valence-electron chi connectivity index (χ0n) is 15.0. The Bertz CT molecular complexity index is 683. The van der Waals surface area contributed by atoms with Gasteiger partial charge in [-0.25, -0.2) is 0 Å². The molecule has 0 radical (unpaired) electrons. The minimum Gasteiger partial charge on any atom is -0.142 e. The Kier molecular flexibility index (Phi) is 7.91. The average Bonchev–Trinajstić information content (AvgIpc) is 2.52. The molecule has 23 heavy (non-hydrogen) atoms. The minimum atomic E-state index is 0.990. The first kappa shape index (κ1) is 19.3. The van der Waals surface area contributed by atoms with E-state index in [1.54, 1.807) is 0 Å². The predicted molar refractivity (Wildman–Crippen MR) is 111 cm³/mol. The van der Waals surface area contributed by atoms with Crippen molar-refractivity contribution in [2.45, 2.75) is 45.9 Å². The molecule has 0 N–H and O–H groups in total. The van der Waals surface area contributed by atoms with Crippen LogP contribution in [-0.2, 0) is 0 Å². The first-order valence-corrected chi connectivity index (χ1v) is 8.62. The molecule has 0 nitrogen and oxygen atoms in total. The van der Waals surface area contributed by atoms with Crippen LogP contribution in [0.1, 0.15) is 61.9 Å². The van der Waals surface area contributed by atoms with E-state index in [2.05, 4.69) is 69.9 Å². The topological polar surface area (TPSA) is 0 Å². The summed E-state index contributed by atoms with van der Waals surface area (Å²) in [5.74, 6) is 0. The van der Waals surface area contributed by atoms with Crippen molar-refractivity contribution in [3.05, 3.63) is 64.8 Å². The largest absolute Gasteiger partial charge is 0.142 e. The summed E-state index contributed by atoms with van der Waals surface area (Å²) in [6.45, 7) is 14.5. The molecular weight excluding hydrogens is 296 g/mol. The highest BCUT2D eigenvalue weighted by molar-refractivity contribution is 7.80. The molecule has 0 fully saturated rings. The predicted octanol–water partition coefficient (Wildman–Crippen LogP) is 7.36. The van der Waals surface area contributed by atoms with Crippen LogP contribution in [-0.4, -0.2) is 0 Å². The van der Waals surface area contributed by atoms with Crippen molar-refractivity contribution in [3.8, 4) is 0 Å². The van der Waals surface area contributed by atoms with Crippen molar-refractivity contribution in [3.63, 3.8) is 0 Å². The molecule has 0 atom stereocenters. The molecule has 0 saturated carbocycles. The smallest absolute Gasteiger partial charge is 0.0194 e. The number of thiol groups is 1. The molecule has 0 aliphatic carbocycles. The average molecular weight is 325 g/mol. The summed E-state index contributed by atoms with van der Waals surface area (Å²) in [7, 11) is 0. The Morgan fingerprint density at radius 3 is 2.09 bits per heavy atom. The summed E-state index contributed by atoms with van der Waals surface area (Å²) in [5, 5.41) is 0. The van der Waals surface area contributed by atoms with Gasteiger partial charge in [-0.05, 0) is 67.5 Å². The van der Waals surface area contributed by atoms with Gasteiger partial charge in [-0.2, -0.15) is 0 Å². The van der Waals surface area contributed by atoms with Crippen LogP contribution in [0.4, 0.5) is 0 Å². The molecule has 0 amide bonds. The quantitative estimate of drug-likeness (QED) is 0.410. The standard InChI is InChI=1S/C22H28S/c1-7-12-17(13-8-2)21-16(6)19(14-9-3)22(23)18(11-5)20(21)15-10-4/h7,9-15,23H,5,8H2,1-4,6H3/b12-7-,14-9-,15-10-,17-13+. The summed E-state index contributed by atoms with van der Waals surface area (Å²) >= 11 is 4.78. The molecule has 0 spiro atoms. The number of benzene rings is 1. The summed E-state index contributed by atoms with van der Waals surface area (Å²) in [6, 6.07) is 0. The van der Waals surface area contributed by atoms with Gasteiger partial charge < -0.3 is 0 Å². The van der Waals surface area contributed by atoms with E-state index in [9.17, 15) is 0 Å². The van der Waals surface area contributed by atoms with E-state index in [-0.39, 0.29) is 0 Å². The van der Waals surface area contributed by atoms with Crippen molar-refractivity contribution < 1.29 is 0 Å². The molecule has 1 rings (SSSR count). The van der Waals surface area contributed by atoms with Crippen molar-refractivity contribution in [1.29, 1.82) is 0 Å². The Morgan fingerprint density at radius 2 is 1.61 bits per heavy atom. The molecule has 0 saturated heterocycles. The lowest BCUT2D eigenvalue weighted by Gasteiger charge is -2.20. The maximum absolute atomic E-state index is 4.78. The van der Waals surface area contributed by atoms with Crippen molar-refractivity contribution in [2.75, 3.05) is 0 Å². The fourth-order valence-corrected chi connectivity index (χ4v) is 3.32. The van der Waals surface area contributed by atoms with Crippen molar-refractivity contribution in [2.24, 2.45) is 0 Å². The fourth-order valence-electron chi connectivity index (χ4n) is 2.86. The zero-order valence-corrected chi connectivity index (χ0v) is 15.9. The van der Waals surface area contributed by atoms with Crippen molar-refractivity contribution >= 4 is 36.4 Å². The third-order valence-electron chi connectivity index (χ3n) is 3.78. The molecule has 0 heterocycles. The van der Waals surface area contributed by atoms with E-state index >= 15 is 0 Å². The number of hydrogen-bond acceptors (Lipinski definition) is 1. The molecular formula is C22H28S. The van der Waals surface area contributed by atoms with E-state index < -0.39 is 0 Å². The van der Waals surface area contributed by atoms with Crippen molar-refractivity contribution in [1.82, 2.24) is 0 Å². The molecule has 122 valence electrons. The van der Waals surface area contributed by atoms with Gasteiger partial charge in [-0.3, -0.25) is 0 Å². The lowest BCUT2D eigenvalue weighted by atomic mass is 9.86. The van der Waals surface area contributed by atoms with E-state index in [1.165, 1.54) is 27.8 Å². The highest BCUT2D eigenvalue weighted by Crippen LogP contribution is 2.37. The number of hydrogen-bond donors (Lipinski definition) is 1. The third kappa shape index (κ3) is 4.17. The van der Waals surface area contributed by atoms with Gasteiger partial charge in [0.05, 0.1) is 0 Å². The third-order valence-corrected chi connectivity index (χ3v) is 4.26. The first-order valence-electron chi connectivity index (χ1n) is 8.17. The molecule has 0 bridgehead atoms. The highest BCUT2D eigenvalue weighted by atomic mass is 32.1. The maximum Gasteiger partial charge on any atom is 0.0194 e. The zero-order chi connectivity index (χ0) is 17.4. The van der Waals surface area contributed by atoms with E-state index in [1.807, 2.05) is 19.9 Å². The maximum atomic E-state index is 4.78. The number of allylic oxidation sites excluding steroid dienone is 6. The van der Waals surface area contributed by atoms with Crippen LogP contribution in [0.2, 0.25) is 0 Å². The Hall–Kier alpha value is -1.73. The highest BCUT2D eigenvalue weighted by Gasteiger charge is 2.17. The molecule has 0 aliphatic heterocycles. The van der Waals surface area contributed by atoms with Gasteiger partial charge in [0.25, 0.3) is 0 Å². The lowest BCUT2D eigenvalue weighted by Crippen LogP contribution is -2.01. The van der Waals surface area contributed by atoms with E-state index in [0.717, 1.165) is 16.9 Å². The summed E-state index contributed by atoms with van der Waals surface area (Å²) in [4.78, 5) is 0.990. The summed E-state index contributed by atoms with van der Waals surface area (Å²) in [5.41, 5.74) is 7.22. The van der Waals surface area contributed by atoms with Gasteiger partial charge in [0.2, 0.25) is 0 Å². The van der Waals surface area contributed by atoms with Crippen LogP contribution < -0.4 is 0 Å². The molecule has 1 aromatic rings. The van der Waals surface area contributed by atoms with Crippen LogP contribution in [0.15, 0.2) is 41.9 Å². The van der Waals surface area contributed by atoms with Gasteiger partial charge in [0, 0.05) is 4.90 Å². The Morgan fingerprint density at radius 1 is 1.00 bits per heavy atom. The lowest BCUT2D eigenvalue weighted by molar-refractivity contribution is 1.22. The van der Waals surface area contributed by atoms with Crippen LogP contribution in [0.3, 0.4) is 0 Å². The molecule has 0 aliphatic rings. The second-order valence-corrected chi connectivity index (χ2v) is 5.81. The first-order chi connectivity index (χ1) is 11.1. The summed E-state index contributed by atoms with van der Waals surface area (Å²) < 4.78 is 0. The molecule has 0 aromatic heterocycles. The van der Waals surface area contributed by atoms with E-state index in [0.29, 0.717) is 0 Å². The Balaban J connectivity index is 4.01. The van der Waals surface area contributed by atoms with Crippen LogP contribution in [0, 0.1) is 6.92 Å². The van der Waals surface area contributed by atoms with Gasteiger partial charge in [0.1, 0.15) is 0 Å². The normalized spacial score (nSPS) is 12.9. The van der Waals surface area contributed by atoms with Gasteiger partial charge in [-0.15, -0.1) is 12.6 Å². The molecule has 1 aromatic carbocycles. The fraction of sp³-hybridized carbons (Fsp3) is 0.273. The Labute approximate surface area is 147 Å². The second kappa shape index (κ2) is 9.42. The summed E-state index contributed by atoms with van der Waals surface area (Å²) in [6.07, 6.45) is 17.9. The van der Waals surface area contributed by atoms with Gasteiger partial charge in [-0.1, -0.05) is 62.1 Å². The van der Waals surface area contributed by atoms with Gasteiger partial charge in [0.15, 0.2) is 0 Å². The van der Waals surface area contributed by atoms with Crippen LogP contribution in [0.25, 0.3) is 23.8 Å². The van der Waals surface area contributed by atoms with Gasteiger partial charge >= 0.3 is 0 Å². The number of rotatable bonds is 6. The minimum absolute atomic E-state index is 0.990. The SMILES string of the molecule is C=Cc1c(S)c(/C=C\C)c(C)c(C(/C=C\C)=C/CC)c1/C=C\C.